The molecule has 6 nitrogen and oxygen atoms in total. The molecule has 0 radical (unpaired) electrons. The molecule has 2 amide bonds. The zero-order valence-corrected chi connectivity index (χ0v) is 10.2. The Labute approximate surface area is 101 Å². The molecule has 1 rings (SSSR count). The summed E-state index contributed by atoms with van der Waals surface area (Å²) in [7, 11) is 0. The molecular weight excluding hydrogens is 224 g/mol. The van der Waals surface area contributed by atoms with Gasteiger partial charge in [-0.05, 0) is 18.8 Å². The van der Waals surface area contributed by atoms with Gasteiger partial charge in [-0.15, -0.1) is 0 Å². The first-order valence-corrected chi connectivity index (χ1v) is 5.88. The van der Waals surface area contributed by atoms with Gasteiger partial charge >= 0.3 is 12.0 Å². The van der Waals surface area contributed by atoms with Gasteiger partial charge in [0.1, 0.15) is 0 Å². The lowest BCUT2D eigenvalue weighted by atomic mass is 10.0. The topological polar surface area (TPSA) is 89.9 Å². The highest BCUT2D eigenvalue weighted by Crippen LogP contribution is 2.23. The number of carbonyl (C=O) groups is 2. The van der Waals surface area contributed by atoms with Gasteiger partial charge in [0.05, 0.1) is 6.54 Å². The van der Waals surface area contributed by atoms with E-state index < -0.39 is 12.1 Å². The molecule has 6 heteroatoms. The van der Waals surface area contributed by atoms with Gasteiger partial charge in [-0.1, -0.05) is 13.8 Å². The van der Waals surface area contributed by atoms with Crippen LogP contribution in [-0.4, -0.2) is 52.3 Å². The first-order chi connectivity index (χ1) is 7.93. The summed E-state index contributed by atoms with van der Waals surface area (Å²) in [5, 5.41) is 20.0. The minimum absolute atomic E-state index is 0.206. The average molecular weight is 244 g/mol. The number of nitrogens with zero attached hydrogens (tertiary/aromatic N) is 1. The highest BCUT2D eigenvalue weighted by molar-refractivity contribution is 5.77. The second-order valence-electron chi connectivity index (χ2n) is 4.69. The van der Waals surface area contributed by atoms with Crippen LogP contribution in [0.5, 0.6) is 0 Å². The molecule has 1 saturated heterocycles. The molecule has 2 atom stereocenters. The van der Waals surface area contributed by atoms with Crippen LogP contribution < -0.4 is 5.32 Å². The summed E-state index contributed by atoms with van der Waals surface area (Å²) in [6, 6.07) is -0.0847. The van der Waals surface area contributed by atoms with E-state index in [1.807, 2.05) is 0 Å². The number of carboxylic acids is 1. The van der Waals surface area contributed by atoms with E-state index in [0.717, 1.165) is 12.8 Å². The summed E-state index contributed by atoms with van der Waals surface area (Å²) < 4.78 is 0. The van der Waals surface area contributed by atoms with E-state index in [2.05, 4.69) is 19.2 Å². The Morgan fingerprint density at radius 1 is 1.47 bits per heavy atom. The van der Waals surface area contributed by atoms with E-state index in [4.69, 9.17) is 10.2 Å². The largest absolute Gasteiger partial charge is 0.479 e. The number of urea groups is 1. The first kappa shape index (κ1) is 13.8. The monoisotopic (exact) mass is 244 g/mol. The van der Waals surface area contributed by atoms with Gasteiger partial charge in [0, 0.05) is 12.6 Å². The van der Waals surface area contributed by atoms with E-state index >= 15 is 0 Å². The third-order valence-corrected chi connectivity index (χ3v) is 3.06. The molecule has 0 aliphatic carbocycles. The molecule has 0 aromatic heterocycles. The van der Waals surface area contributed by atoms with Crippen molar-refractivity contribution < 1.29 is 19.8 Å². The van der Waals surface area contributed by atoms with Crippen LogP contribution in [0, 0.1) is 5.92 Å². The first-order valence-electron chi connectivity index (χ1n) is 5.88. The molecule has 1 fully saturated rings. The van der Waals surface area contributed by atoms with Crippen molar-refractivity contribution in [3.05, 3.63) is 0 Å². The molecule has 1 aliphatic rings. The third-order valence-electron chi connectivity index (χ3n) is 3.06. The molecule has 1 heterocycles. The van der Waals surface area contributed by atoms with Crippen molar-refractivity contribution in [1.82, 2.24) is 10.2 Å². The van der Waals surface area contributed by atoms with Gasteiger partial charge in [-0.25, -0.2) is 9.59 Å². The van der Waals surface area contributed by atoms with E-state index in [9.17, 15) is 9.59 Å². The fourth-order valence-electron chi connectivity index (χ4n) is 2.11. The lowest BCUT2D eigenvalue weighted by Gasteiger charge is -2.28. The predicted octanol–water partition coefficient (Wildman–Crippen LogP) is 0.262. The van der Waals surface area contributed by atoms with E-state index in [1.165, 1.54) is 0 Å². The second kappa shape index (κ2) is 5.86. The maximum atomic E-state index is 11.8. The van der Waals surface area contributed by atoms with Crippen molar-refractivity contribution in [1.29, 1.82) is 0 Å². The Bertz CT molecular complexity index is 293. The standard InChI is InChI=1S/C11H20N2O4/c1-7(2)8-4-3-5-13(8)11(17)12-6-9(14)10(15)16/h7-9,14H,3-6H2,1-2H3,(H,12,17)(H,15,16)/t8?,9-/m0/s1. The number of carboxylic acid groups (broad SMARTS) is 1. The highest BCUT2D eigenvalue weighted by atomic mass is 16.4. The number of hydrogen-bond donors (Lipinski definition) is 3. The van der Waals surface area contributed by atoms with Crippen molar-refractivity contribution in [3.8, 4) is 0 Å². The molecule has 98 valence electrons. The van der Waals surface area contributed by atoms with Gasteiger partial charge in [0.2, 0.25) is 0 Å². The average Bonchev–Trinajstić information content (AvgIpc) is 2.73. The lowest BCUT2D eigenvalue weighted by molar-refractivity contribution is -0.146. The molecule has 0 bridgehead atoms. The maximum absolute atomic E-state index is 11.8. The Morgan fingerprint density at radius 3 is 2.65 bits per heavy atom. The normalized spacial score (nSPS) is 21.6. The van der Waals surface area contributed by atoms with Crippen LogP contribution in [0.2, 0.25) is 0 Å². The second-order valence-corrected chi connectivity index (χ2v) is 4.69. The number of likely N-dealkylation sites (tertiary alicyclic amines) is 1. The van der Waals surface area contributed by atoms with Crippen molar-refractivity contribution in [2.24, 2.45) is 5.92 Å². The summed E-state index contributed by atoms with van der Waals surface area (Å²) in [5.41, 5.74) is 0. The highest BCUT2D eigenvalue weighted by Gasteiger charge is 2.31. The molecule has 0 aromatic rings. The van der Waals surface area contributed by atoms with Crippen LogP contribution >= 0.6 is 0 Å². The molecular formula is C11H20N2O4. The summed E-state index contributed by atoms with van der Waals surface area (Å²) >= 11 is 0. The maximum Gasteiger partial charge on any atom is 0.334 e. The lowest BCUT2D eigenvalue weighted by Crippen LogP contribution is -2.47. The predicted molar refractivity (Wildman–Crippen MR) is 61.6 cm³/mol. The smallest absolute Gasteiger partial charge is 0.334 e. The minimum Gasteiger partial charge on any atom is -0.479 e. The fraction of sp³-hybridized carbons (Fsp3) is 0.818. The number of aliphatic hydroxyl groups excluding tert-OH is 1. The number of amides is 2. The van der Waals surface area contributed by atoms with Crippen LogP contribution in [-0.2, 0) is 4.79 Å². The van der Waals surface area contributed by atoms with Crippen molar-refractivity contribution in [3.63, 3.8) is 0 Å². The molecule has 17 heavy (non-hydrogen) atoms. The summed E-state index contributed by atoms with van der Waals surface area (Å²) in [6.45, 7) is 4.55. The quantitative estimate of drug-likeness (QED) is 0.661. The number of aliphatic hydroxyl groups is 1. The molecule has 0 aromatic carbocycles. The van der Waals surface area contributed by atoms with Crippen LogP contribution in [0.25, 0.3) is 0 Å². The summed E-state index contributed by atoms with van der Waals surface area (Å²) in [5.74, 6) is -0.945. The number of aliphatic carboxylic acids is 1. The van der Waals surface area contributed by atoms with Crippen LogP contribution in [0.15, 0.2) is 0 Å². The zero-order chi connectivity index (χ0) is 13.0. The number of hydrogen-bond acceptors (Lipinski definition) is 3. The fourth-order valence-corrected chi connectivity index (χ4v) is 2.11. The Hall–Kier alpha value is -1.30. The Morgan fingerprint density at radius 2 is 2.12 bits per heavy atom. The van der Waals surface area contributed by atoms with Crippen molar-refractivity contribution in [2.45, 2.75) is 38.8 Å². The SMILES string of the molecule is CC(C)C1CCCN1C(=O)NC[C@H](O)C(=O)O. The van der Waals surface area contributed by atoms with E-state index in [0.29, 0.717) is 12.5 Å². The van der Waals surface area contributed by atoms with Gasteiger partial charge < -0.3 is 20.4 Å². The van der Waals surface area contributed by atoms with Crippen LogP contribution in [0.1, 0.15) is 26.7 Å². The Balaban J connectivity index is 2.44. The van der Waals surface area contributed by atoms with Gasteiger partial charge in [-0.3, -0.25) is 0 Å². The summed E-state index contributed by atoms with van der Waals surface area (Å²) in [4.78, 5) is 23.9. The number of nitrogens with one attached hydrogen (secondary N) is 1. The zero-order valence-electron chi connectivity index (χ0n) is 10.2. The third kappa shape index (κ3) is 3.59. The van der Waals surface area contributed by atoms with Gasteiger partial charge in [0.25, 0.3) is 0 Å². The van der Waals surface area contributed by atoms with E-state index in [-0.39, 0.29) is 18.6 Å². The van der Waals surface area contributed by atoms with Crippen molar-refractivity contribution in [2.75, 3.05) is 13.1 Å². The Kier molecular flexibility index (Phi) is 4.74. The molecule has 1 unspecified atom stereocenters. The molecule has 0 spiro atoms. The molecule has 3 N–H and O–H groups in total. The molecule has 1 aliphatic heterocycles. The van der Waals surface area contributed by atoms with Crippen LogP contribution in [0.3, 0.4) is 0 Å². The van der Waals surface area contributed by atoms with Gasteiger partial charge in [0.15, 0.2) is 6.10 Å². The van der Waals surface area contributed by atoms with Gasteiger partial charge in [-0.2, -0.15) is 0 Å². The summed E-state index contributed by atoms with van der Waals surface area (Å²) in [6.07, 6.45) is 0.406. The minimum atomic E-state index is -1.54. The van der Waals surface area contributed by atoms with Crippen molar-refractivity contribution >= 4 is 12.0 Å². The number of carbonyl (C=O) groups excluding carboxylic acids is 1. The number of rotatable bonds is 4. The molecule has 0 saturated carbocycles. The van der Waals surface area contributed by atoms with Crippen LogP contribution in [0.4, 0.5) is 4.79 Å². The van der Waals surface area contributed by atoms with E-state index in [1.54, 1.807) is 4.90 Å².